The van der Waals surface area contributed by atoms with Gasteiger partial charge >= 0.3 is 0 Å². The Labute approximate surface area is 132 Å². The van der Waals surface area contributed by atoms with Gasteiger partial charge in [-0.05, 0) is 45.0 Å². The van der Waals surface area contributed by atoms with E-state index in [0.717, 1.165) is 4.88 Å². The van der Waals surface area contributed by atoms with Crippen LogP contribution >= 0.6 is 11.3 Å². The number of hydrogen-bond acceptors (Lipinski definition) is 4. The second-order valence-corrected chi connectivity index (χ2v) is 6.93. The van der Waals surface area contributed by atoms with E-state index >= 15 is 0 Å². The molecular weight excluding hydrogens is 300 g/mol. The molecule has 5 nitrogen and oxygen atoms in total. The van der Waals surface area contributed by atoms with Crippen molar-refractivity contribution in [2.45, 2.75) is 26.4 Å². The normalized spacial score (nSPS) is 15.5. The third-order valence-corrected chi connectivity index (χ3v) is 4.36. The Morgan fingerprint density at radius 1 is 1.27 bits per heavy atom. The molecule has 0 bridgehead atoms. The fourth-order valence-corrected chi connectivity index (χ4v) is 2.89. The molecule has 3 rings (SSSR count). The second-order valence-electron chi connectivity index (χ2n) is 5.64. The first-order valence-corrected chi connectivity index (χ1v) is 7.69. The summed E-state index contributed by atoms with van der Waals surface area (Å²) in [5, 5.41) is 5.63. The van der Waals surface area contributed by atoms with Crippen molar-refractivity contribution in [3.05, 3.63) is 40.1 Å². The number of amides is 2. The van der Waals surface area contributed by atoms with E-state index in [1.807, 2.05) is 13.0 Å². The van der Waals surface area contributed by atoms with Crippen LogP contribution in [0.2, 0.25) is 0 Å². The van der Waals surface area contributed by atoms with Gasteiger partial charge in [-0.25, -0.2) is 0 Å². The van der Waals surface area contributed by atoms with Gasteiger partial charge in [0.2, 0.25) is 0 Å². The first-order chi connectivity index (χ1) is 10.3. The number of carbonyl (C=O) groups excluding carboxylic acids is 2. The van der Waals surface area contributed by atoms with E-state index in [1.54, 1.807) is 38.1 Å². The van der Waals surface area contributed by atoms with Crippen molar-refractivity contribution in [2.75, 3.05) is 10.6 Å². The van der Waals surface area contributed by atoms with Gasteiger partial charge in [0.05, 0.1) is 10.6 Å². The van der Waals surface area contributed by atoms with Gasteiger partial charge < -0.3 is 15.4 Å². The van der Waals surface area contributed by atoms with Gasteiger partial charge in [-0.2, -0.15) is 0 Å². The zero-order valence-electron chi connectivity index (χ0n) is 12.5. The molecule has 22 heavy (non-hydrogen) atoms. The van der Waals surface area contributed by atoms with E-state index in [2.05, 4.69) is 10.6 Å². The fraction of sp³-hybridized carbons (Fsp3) is 0.250. The fourth-order valence-electron chi connectivity index (χ4n) is 2.13. The summed E-state index contributed by atoms with van der Waals surface area (Å²) in [6.45, 7) is 5.36. The number of anilines is 2. The molecule has 2 N–H and O–H groups in total. The number of nitrogens with one attached hydrogen (secondary N) is 2. The van der Waals surface area contributed by atoms with Crippen molar-refractivity contribution < 1.29 is 14.3 Å². The van der Waals surface area contributed by atoms with Crippen molar-refractivity contribution in [3.63, 3.8) is 0 Å². The average molecular weight is 316 g/mol. The number of rotatable bonds is 2. The van der Waals surface area contributed by atoms with Gasteiger partial charge in [0, 0.05) is 16.6 Å². The van der Waals surface area contributed by atoms with E-state index in [0.29, 0.717) is 22.0 Å². The van der Waals surface area contributed by atoms with Gasteiger partial charge in [0.25, 0.3) is 11.8 Å². The van der Waals surface area contributed by atoms with E-state index in [1.165, 1.54) is 11.3 Å². The molecule has 1 aliphatic rings. The van der Waals surface area contributed by atoms with Gasteiger partial charge in [-0.1, -0.05) is 0 Å². The summed E-state index contributed by atoms with van der Waals surface area (Å²) in [5.41, 5.74) is 0.302. The summed E-state index contributed by atoms with van der Waals surface area (Å²) in [7, 11) is 0. The van der Waals surface area contributed by atoms with E-state index < -0.39 is 5.60 Å². The third kappa shape index (κ3) is 2.69. The monoisotopic (exact) mass is 316 g/mol. The minimum absolute atomic E-state index is 0.155. The number of hydrogen-bond donors (Lipinski definition) is 2. The lowest BCUT2D eigenvalue weighted by Crippen LogP contribution is -2.45. The molecule has 2 heterocycles. The van der Waals surface area contributed by atoms with Crippen LogP contribution in [0.5, 0.6) is 5.75 Å². The van der Waals surface area contributed by atoms with Gasteiger partial charge in [0.1, 0.15) is 5.75 Å². The summed E-state index contributed by atoms with van der Waals surface area (Å²) in [5.74, 6) is 0.202. The van der Waals surface area contributed by atoms with Crippen molar-refractivity contribution in [2.24, 2.45) is 0 Å². The molecule has 1 aliphatic heterocycles. The molecule has 0 spiro atoms. The zero-order chi connectivity index (χ0) is 15.9. The predicted octanol–water partition coefficient (Wildman–Crippen LogP) is 3.42. The molecule has 2 amide bonds. The number of carbonyl (C=O) groups is 2. The lowest BCUT2D eigenvalue weighted by Gasteiger charge is -2.31. The SMILES string of the molecule is Cc1ccc(C(=O)Nc2ccc3c(c2)OC(C)(C)C(=O)N3)s1. The predicted molar refractivity (Wildman–Crippen MR) is 86.8 cm³/mol. The van der Waals surface area contributed by atoms with Crippen molar-refractivity contribution in [1.82, 2.24) is 0 Å². The topological polar surface area (TPSA) is 67.4 Å². The Kier molecular flexibility index (Phi) is 3.41. The summed E-state index contributed by atoms with van der Waals surface area (Å²) < 4.78 is 5.70. The Bertz CT molecular complexity index is 765. The summed E-state index contributed by atoms with van der Waals surface area (Å²) in [4.78, 5) is 25.7. The Morgan fingerprint density at radius 3 is 2.73 bits per heavy atom. The van der Waals surface area contributed by atoms with Crippen LogP contribution in [0.3, 0.4) is 0 Å². The second kappa shape index (κ2) is 5.14. The molecule has 0 aliphatic carbocycles. The standard InChI is InChI=1S/C16H16N2O3S/c1-9-4-7-13(22-9)14(19)17-10-5-6-11-12(8-10)21-16(2,3)15(20)18-11/h4-8H,1-3H3,(H,17,19)(H,18,20). The lowest BCUT2D eigenvalue weighted by molar-refractivity contribution is -0.129. The molecular formula is C16H16N2O3S. The van der Waals surface area contributed by atoms with Crippen LogP contribution in [-0.4, -0.2) is 17.4 Å². The molecule has 0 radical (unpaired) electrons. The molecule has 114 valence electrons. The first-order valence-electron chi connectivity index (χ1n) is 6.87. The Morgan fingerprint density at radius 2 is 2.05 bits per heavy atom. The summed E-state index contributed by atoms with van der Waals surface area (Å²) >= 11 is 1.44. The summed E-state index contributed by atoms with van der Waals surface area (Å²) in [6.07, 6.45) is 0. The van der Waals surface area contributed by atoms with Crippen molar-refractivity contribution >= 4 is 34.5 Å². The first kappa shape index (κ1) is 14.6. The highest BCUT2D eigenvalue weighted by Crippen LogP contribution is 2.35. The third-order valence-electron chi connectivity index (χ3n) is 3.36. The largest absolute Gasteiger partial charge is 0.476 e. The molecule has 1 aromatic carbocycles. The molecule has 6 heteroatoms. The maximum atomic E-state index is 12.2. The van der Waals surface area contributed by atoms with E-state index in [-0.39, 0.29) is 11.8 Å². The highest BCUT2D eigenvalue weighted by atomic mass is 32.1. The van der Waals surface area contributed by atoms with Crippen LogP contribution in [-0.2, 0) is 4.79 Å². The van der Waals surface area contributed by atoms with Crippen LogP contribution in [0.25, 0.3) is 0 Å². The van der Waals surface area contributed by atoms with E-state index in [9.17, 15) is 9.59 Å². The molecule has 0 saturated heterocycles. The highest BCUT2D eigenvalue weighted by Gasteiger charge is 2.35. The van der Waals surface area contributed by atoms with Crippen LogP contribution < -0.4 is 15.4 Å². The smallest absolute Gasteiger partial charge is 0.268 e. The van der Waals surface area contributed by atoms with Crippen LogP contribution in [0.4, 0.5) is 11.4 Å². The Hall–Kier alpha value is -2.34. The molecule has 0 unspecified atom stereocenters. The number of thiophene rings is 1. The van der Waals surface area contributed by atoms with Gasteiger partial charge in [-0.3, -0.25) is 9.59 Å². The van der Waals surface area contributed by atoms with Crippen LogP contribution in [0.15, 0.2) is 30.3 Å². The highest BCUT2D eigenvalue weighted by molar-refractivity contribution is 7.14. The average Bonchev–Trinajstić information content (AvgIpc) is 2.87. The van der Waals surface area contributed by atoms with Crippen LogP contribution in [0.1, 0.15) is 28.4 Å². The van der Waals surface area contributed by atoms with Gasteiger partial charge in [-0.15, -0.1) is 11.3 Å². The maximum absolute atomic E-state index is 12.2. The number of ether oxygens (including phenoxy) is 1. The quantitative estimate of drug-likeness (QED) is 0.892. The van der Waals surface area contributed by atoms with Crippen molar-refractivity contribution in [1.29, 1.82) is 0 Å². The molecule has 1 aromatic heterocycles. The molecule has 0 saturated carbocycles. The van der Waals surface area contributed by atoms with E-state index in [4.69, 9.17) is 4.74 Å². The van der Waals surface area contributed by atoms with Crippen molar-refractivity contribution in [3.8, 4) is 5.75 Å². The zero-order valence-corrected chi connectivity index (χ0v) is 13.3. The maximum Gasteiger partial charge on any atom is 0.268 e. The van der Waals surface area contributed by atoms with Crippen LogP contribution in [0, 0.1) is 6.92 Å². The number of benzene rings is 1. The number of aryl methyl sites for hydroxylation is 1. The minimum Gasteiger partial charge on any atom is -0.476 e. The molecule has 0 fully saturated rings. The van der Waals surface area contributed by atoms with Gasteiger partial charge in [0.15, 0.2) is 5.60 Å². The molecule has 2 aromatic rings. The summed E-state index contributed by atoms with van der Waals surface area (Å²) in [6, 6.07) is 8.88. The molecule has 0 atom stereocenters. The Balaban J connectivity index is 1.82. The lowest BCUT2D eigenvalue weighted by atomic mass is 10.1. The minimum atomic E-state index is -0.930. The number of fused-ring (bicyclic) bond motifs is 1.